The van der Waals surface area contributed by atoms with Gasteiger partial charge in [-0.25, -0.2) is 0 Å². The predicted octanol–water partition coefficient (Wildman–Crippen LogP) is 2.84. The fourth-order valence-electron chi connectivity index (χ4n) is 3.28. The van der Waals surface area contributed by atoms with E-state index in [2.05, 4.69) is 10.3 Å². The lowest BCUT2D eigenvalue weighted by molar-refractivity contribution is -0.136. The standard InChI is InChI=1S/C23H30N4O3/c1-17(2)30-20-10-8-19(9-11-20)26-23(24)25-16-21(18-6-4-3-5-7-18)22(28)27-12-14-29-15-13-27/h3-11,17,21H,12-16H2,1-2H3,(H3,24,25,26). The summed E-state index contributed by atoms with van der Waals surface area (Å²) in [5.74, 6) is 0.734. The van der Waals surface area contributed by atoms with E-state index in [1.165, 1.54) is 0 Å². The zero-order valence-corrected chi connectivity index (χ0v) is 17.6. The van der Waals surface area contributed by atoms with Crippen molar-refractivity contribution in [1.29, 1.82) is 0 Å². The number of amides is 1. The minimum absolute atomic E-state index is 0.0521. The van der Waals surface area contributed by atoms with Crippen LogP contribution in [0.4, 0.5) is 5.69 Å². The molecular weight excluding hydrogens is 380 g/mol. The van der Waals surface area contributed by atoms with Crippen LogP contribution in [0.3, 0.4) is 0 Å². The molecule has 30 heavy (non-hydrogen) atoms. The summed E-state index contributed by atoms with van der Waals surface area (Å²) < 4.78 is 11.0. The number of anilines is 1. The monoisotopic (exact) mass is 410 g/mol. The quantitative estimate of drug-likeness (QED) is 0.541. The SMILES string of the molecule is CC(C)Oc1ccc(NC(N)=NCC(C(=O)N2CCOCC2)c2ccccc2)cc1. The molecule has 7 heteroatoms. The average molecular weight is 411 g/mol. The van der Waals surface area contributed by atoms with Gasteiger partial charge in [0, 0.05) is 18.8 Å². The lowest BCUT2D eigenvalue weighted by Gasteiger charge is -2.30. The summed E-state index contributed by atoms with van der Waals surface area (Å²) >= 11 is 0. The Labute approximate surface area is 177 Å². The molecule has 0 radical (unpaired) electrons. The number of benzene rings is 2. The molecule has 1 saturated heterocycles. The summed E-state index contributed by atoms with van der Waals surface area (Å²) in [6.45, 7) is 6.58. The number of rotatable bonds is 7. The van der Waals surface area contributed by atoms with E-state index in [0.717, 1.165) is 17.0 Å². The van der Waals surface area contributed by atoms with Crippen LogP contribution >= 0.6 is 0 Å². The highest BCUT2D eigenvalue weighted by Gasteiger charge is 2.27. The number of nitrogens with zero attached hydrogens (tertiary/aromatic N) is 2. The average Bonchev–Trinajstić information content (AvgIpc) is 2.76. The molecule has 1 fully saturated rings. The molecule has 0 bridgehead atoms. The van der Waals surface area contributed by atoms with Gasteiger partial charge < -0.3 is 25.4 Å². The molecule has 0 aliphatic carbocycles. The highest BCUT2D eigenvalue weighted by atomic mass is 16.5. The Morgan fingerprint density at radius 2 is 1.80 bits per heavy atom. The molecular formula is C23H30N4O3. The molecule has 0 spiro atoms. The molecule has 1 atom stereocenters. The van der Waals surface area contributed by atoms with Gasteiger partial charge in [-0.1, -0.05) is 30.3 Å². The van der Waals surface area contributed by atoms with Crippen molar-refractivity contribution in [3.8, 4) is 5.75 Å². The van der Waals surface area contributed by atoms with Crippen LogP contribution in [0, 0.1) is 0 Å². The van der Waals surface area contributed by atoms with E-state index in [0.29, 0.717) is 26.3 Å². The molecule has 1 amide bonds. The van der Waals surface area contributed by atoms with Gasteiger partial charge in [-0.15, -0.1) is 0 Å². The second-order valence-corrected chi connectivity index (χ2v) is 7.44. The lowest BCUT2D eigenvalue weighted by Crippen LogP contribution is -2.43. The van der Waals surface area contributed by atoms with E-state index in [4.69, 9.17) is 15.2 Å². The van der Waals surface area contributed by atoms with Crippen molar-refractivity contribution >= 4 is 17.6 Å². The summed E-state index contributed by atoms with van der Waals surface area (Å²) in [7, 11) is 0. The predicted molar refractivity (Wildman–Crippen MR) is 119 cm³/mol. The number of nitrogens with two attached hydrogens (primary N) is 1. The molecule has 7 nitrogen and oxygen atoms in total. The van der Waals surface area contributed by atoms with E-state index in [1.807, 2.05) is 73.3 Å². The van der Waals surface area contributed by atoms with Gasteiger partial charge in [-0.2, -0.15) is 0 Å². The molecule has 3 N–H and O–H groups in total. The third-order valence-corrected chi connectivity index (χ3v) is 4.77. The Morgan fingerprint density at radius 3 is 2.43 bits per heavy atom. The highest BCUT2D eigenvalue weighted by Crippen LogP contribution is 2.20. The van der Waals surface area contributed by atoms with Crippen LogP contribution < -0.4 is 15.8 Å². The number of carbonyl (C=O) groups excluding carboxylic acids is 1. The smallest absolute Gasteiger partial charge is 0.232 e. The van der Waals surface area contributed by atoms with Gasteiger partial charge in [-0.05, 0) is 43.7 Å². The maximum absolute atomic E-state index is 13.1. The van der Waals surface area contributed by atoms with Crippen molar-refractivity contribution in [2.75, 3.05) is 38.2 Å². The Bertz CT molecular complexity index is 831. The molecule has 1 aliphatic heterocycles. The van der Waals surface area contributed by atoms with Gasteiger partial charge >= 0.3 is 0 Å². The Balaban J connectivity index is 1.67. The summed E-state index contributed by atoms with van der Waals surface area (Å²) in [5.41, 5.74) is 7.83. The number of morpholine rings is 1. The minimum atomic E-state index is -0.383. The maximum atomic E-state index is 13.1. The first kappa shape index (κ1) is 21.6. The summed E-state index contributed by atoms with van der Waals surface area (Å²) in [6.07, 6.45) is 0.120. The molecule has 1 heterocycles. The van der Waals surface area contributed by atoms with Gasteiger partial charge in [0.25, 0.3) is 0 Å². The summed E-state index contributed by atoms with van der Waals surface area (Å²) in [5, 5.41) is 3.08. The van der Waals surface area contributed by atoms with Crippen LogP contribution in [0.15, 0.2) is 59.6 Å². The van der Waals surface area contributed by atoms with Crippen LogP contribution in [-0.4, -0.2) is 55.7 Å². The van der Waals surface area contributed by atoms with Gasteiger partial charge in [0.1, 0.15) is 5.75 Å². The Kier molecular flexibility index (Phi) is 7.68. The first-order valence-corrected chi connectivity index (χ1v) is 10.3. The number of guanidine groups is 1. The van der Waals surface area contributed by atoms with Crippen LogP contribution in [0.2, 0.25) is 0 Å². The van der Waals surface area contributed by atoms with Gasteiger partial charge in [0.15, 0.2) is 5.96 Å². The fraction of sp³-hybridized carbons (Fsp3) is 0.391. The van der Waals surface area contributed by atoms with Crippen molar-refractivity contribution in [3.05, 3.63) is 60.2 Å². The Morgan fingerprint density at radius 1 is 1.13 bits per heavy atom. The number of hydrogen-bond donors (Lipinski definition) is 2. The normalized spacial score (nSPS) is 15.7. The van der Waals surface area contributed by atoms with E-state index >= 15 is 0 Å². The van der Waals surface area contributed by atoms with E-state index < -0.39 is 0 Å². The second kappa shape index (κ2) is 10.6. The summed E-state index contributed by atoms with van der Waals surface area (Å²) in [4.78, 5) is 19.4. The van der Waals surface area contributed by atoms with Crippen molar-refractivity contribution < 1.29 is 14.3 Å². The largest absolute Gasteiger partial charge is 0.491 e. The molecule has 2 aromatic rings. The Hall–Kier alpha value is -3.06. The van der Waals surface area contributed by atoms with Gasteiger partial charge in [-0.3, -0.25) is 9.79 Å². The molecule has 0 saturated carbocycles. The zero-order chi connectivity index (χ0) is 21.3. The minimum Gasteiger partial charge on any atom is -0.491 e. The highest BCUT2D eigenvalue weighted by molar-refractivity contribution is 5.92. The zero-order valence-electron chi connectivity index (χ0n) is 17.6. The van der Waals surface area contributed by atoms with E-state index in [1.54, 1.807) is 0 Å². The van der Waals surface area contributed by atoms with Gasteiger partial charge in [0.05, 0.1) is 31.8 Å². The second-order valence-electron chi connectivity index (χ2n) is 7.44. The fourth-order valence-corrected chi connectivity index (χ4v) is 3.28. The number of nitrogens with one attached hydrogen (secondary N) is 1. The lowest BCUT2D eigenvalue weighted by atomic mass is 9.97. The van der Waals surface area contributed by atoms with Crippen molar-refractivity contribution in [2.24, 2.45) is 10.7 Å². The topological polar surface area (TPSA) is 89.2 Å². The number of carbonyl (C=O) groups is 1. The molecule has 1 unspecified atom stereocenters. The van der Waals surface area contributed by atoms with Crippen molar-refractivity contribution in [1.82, 2.24) is 4.90 Å². The molecule has 0 aromatic heterocycles. The van der Waals surface area contributed by atoms with Crippen molar-refractivity contribution in [3.63, 3.8) is 0 Å². The maximum Gasteiger partial charge on any atom is 0.232 e. The number of ether oxygens (including phenoxy) is 2. The van der Waals surface area contributed by atoms with Crippen LogP contribution in [-0.2, 0) is 9.53 Å². The number of hydrogen-bond acceptors (Lipinski definition) is 4. The molecule has 1 aliphatic rings. The first-order valence-electron chi connectivity index (χ1n) is 10.3. The number of aliphatic imine (C=N–C) groups is 1. The molecule has 160 valence electrons. The molecule has 2 aromatic carbocycles. The summed E-state index contributed by atoms with van der Waals surface area (Å²) in [6, 6.07) is 17.2. The van der Waals surface area contributed by atoms with Crippen LogP contribution in [0.5, 0.6) is 5.75 Å². The van der Waals surface area contributed by atoms with E-state index in [9.17, 15) is 4.79 Å². The molecule has 3 rings (SSSR count). The van der Waals surface area contributed by atoms with Crippen molar-refractivity contribution in [2.45, 2.75) is 25.9 Å². The van der Waals surface area contributed by atoms with Crippen LogP contribution in [0.25, 0.3) is 0 Å². The van der Waals surface area contributed by atoms with Gasteiger partial charge in [0.2, 0.25) is 5.91 Å². The van der Waals surface area contributed by atoms with Crippen LogP contribution in [0.1, 0.15) is 25.3 Å². The third-order valence-electron chi connectivity index (χ3n) is 4.77. The first-order chi connectivity index (χ1) is 14.5. The third kappa shape index (κ3) is 6.22. The van der Waals surface area contributed by atoms with E-state index in [-0.39, 0.29) is 30.4 Å².